The average molecular weight is 270 g/mol. The first kappa shape index (κ1) is 14.7. The van der Waals surface area contributed by atoms with Crippen LogP contribution in [-0.2, 0) is 0 Å². The van der Waals surface area contributed by atoms with Crippen LogP contribution < -0.4 is 5.73 Å². The Morgan fingerprint density at radius 2 is 1.67 bits per heavy atom. The van der Waals surface area contributed by atoms with E-state index < -0.39 is 0 Å². The molecule has 1 heterocycles. The molecule has 0 radical (unpaired) electrons. The minimum Gasteiger partial charge on any atom is -0.329 e. The van der Waals surface area contributed by atoms with Gasteiger partial charge in [-0.05, 0) is 63.3 Å². The van der Waals surface area contributed by atoms with Crippen LogP contribution in [0.2, 0.25) is 0 Å². The van der Waals surface area contributed by atoms with Crippen LogP contribution >= 0.6 is 11.8 Å². The maximum Gasteiger partial charge on any atom is 0.0303 e. The molecule has 0 amide bonds. The van der Waals surface area contributed by atoms with E-state index >= 15 is 0 Å². The van der Waals surface area contributed by atoms with Gasteiger partial charge < -0.3 is 10.6 Å². The summed E-state index contributed by atoms with van der Waals surface area (Å²) >= 11 is 1.99. The van der Waals surface area contributed by atoms with Gasteiger partial charge in [0.15, 0.2) is 0 Å². The topological polar surface area (TPSA) is 29.3 Å². The van der Waals surface area contributed by atoms with Crippen molar-refractivity contribution in [1.29, 1.82) is 0 Å². The minimum absolute atomic E-state index is 0.377. The Bertz CT molecular complexity index is 245. The zero-order valence-corrected chi connectivity index (χ0v) is 13.1. The van der Waals surface area contributed by atoms with E-state index in [4.69, 9.17) is 5.73 Å². The van der Waals surface area contributed by atoms with Crippen LogP contribution in [0.25, 0.3) is 0 Å². The molecule has 0 aromatic rings. The lowest BCUT2D eigenvalue weighted by Gasteiger charge is -2.46. The van der Waals surface area contributed by atoms with E-state index in [0.717, 1.165) is 24.4 Å². The van der Waals surface area contributed by atoms with Crippen LogP contribution in [0.5, 0.6) is 0 Å². The molecule has 2 nitrogen and oxygen atoms in total. The van der Waals surface area contributed by atoms with Gasteiger partial charge in [-0.15, -0.1) is 0 Å². The molecular weight excluding hydrogens is 240 g/mol. The van der Waals surface area contributed by atoms with Crippen molar-refractivity contribution in [1.82, 2.24) is 4.90 Å². The molecule has 0 spiro atoms. The number of hydrogen-bond acceptors (Lipinski definition) is 3. The summed E-state index contributed by atoms with van der Waals surface area (Å²) in [5.41, 5.74) is 5.98. The average Bonchev–Trinajstić information content (AvgIpc) is 2.38. The van der Waals surface area contributed by atoms with Crippen molar-refractivity contribution in [2.75, 3.05) is 25.9 Å². The van der Waals surface area contributed by atoms with Crippen LogP contribution in [0.3, 0.4) is 0 Å². The van der Waals surface area contributed by atoms with Crippen LogP contribution in [0.15, 0.2) is 0 Å². The molecule has 1 saturated heterocycles. The molecule has 0 bridgehead atoms. The first-order chi connectivity index (χ1) is 8.58. The summed E-state index contributed by atoms with van der Waals surface area (Å²) < 4.78 is 0.377. The molecule has 2 rings (SSSR count). The van der Waals surface area contributed by atoms with Crippen molar-refractivity contribution >= 4 is 11.8 Å². The molecule has 1 saturated carbocycles. The zero-order valence-electron chi connectivity index (χ0n) is 12.3. The SMILES string of the molecule is CSC1(CN)CCN(C2CC(C)CC(C)C2)CC1. The van der Waals surface area contributed by atoms with Crippen molar-refractivity contribution in [3.8, 4) is 0 Å². The van der Waals surface area contributed by atoms with Gasteiger partial charge in [0.1, 0.15) is 0 Å². The number of nitrogens with zero attached hydrogens (tertiary/aromatic N) is 1. The third-order valence-electron chi connectivity index (χ3n) is 5.18. The molecular formula is C15H30N2S. The van der Waals surface area contributed by atoms with Crippen molar-refractivity contribution in [3.63, 3.8) is 0 Å². The lowest BCUT2D eigenvalue weighted by molar-refractivity contribution is 0.0828. The van der Waals surface area contributed by atoms with Gasteiger partial charge in [0.05, 0.1) is 0 Å². The molecule has 0 aromatic heterocycles. The van der Waals surface area contributed by atoms with Crippen LogP contribution in [0.4, 0.5) is 0 Å². The van der Waals surface area contributed by atoms with E-state index in [1.54, 1.807) is 0 Å². The third-order valence-corrected chi connectivity index (χ3v) is 6.63. The molecule has 3 heteroatoms. The standard InChI is InChI=1S/C15H30N2S/c1-12-8-13(2)10-14(9-12)17-6-4-15(11-16,18-3)5-7-17/h12-14H,4-11,16H2,1-3H3. The lowest BCUT2D eigenvalue weighted by atomic mass is 9.79. The van der Waals surface area contributed by atoms with Crippen molar-refractivity contribution in [2.45, 2.75) is 56.7 Å². The summed E-state index contributed by atoms with van der Waals surface area (Å²) in [6.45, 7) is 8.24. The van der Waals surface area contributed by atoms with Crippen molar-refractivity contribution < 1.29 is 0 Å². The Hall–Kier alpha value is 0.270. The summed E-state index contributed by atoms with van der Waals surface area (Å²) in [6.07, 6.45) is 9.06. The van der Waals surface area contributed by atoms with Gasteiger partial charge >= 0.3 is 0 Å². The predicted octanol–water partition coefficient (Wildman–Crippen LogP) is 2.97. The van der Waals surface area contributed by atoms with E-state index in [2.05, 4.69) is 25.0 Å². The molecule has 2 fully saturated rings. The Morgan fingerprint density at radius 3 is 2.11 bits per heavy atom. The van der Waals surface area contributed by atoms with Crippen molar-refractivity contribution in [2.24, 2.45) is 17.6 Å². The van der Waals surface area contributed by atoms with Crippen LogP contribution in [0.1, 0.15) is 46.0 Å². The fourth-order valence-electron chi connectivity index (χ4n) is 3.99. The fraction of sp³-hybridized carbons (Fsp3) is 1.00. The van der Waals surface area contributed by atoms with Gasteiger partial charge in [0.2, 0.25) is 0 Å². The van der Waals surface area contributed by atoms with Gasteiger partial charge in [-0.25, -0.2) is 0 Å². The molecule has 106 valence electrons. The predicted molar refractivity (Wildman–Crippen MR) is 82.1 cm³/mol. The molecule has 2 unspecified atom stereocenters. The van der Waals surface area contributed by atoms with E-state index in [1.807, 2.05) is 11.8 Å². The molecule has 2 N–H and O–H groups in total. The van der Waals surface area contributed by atoms with E-state index in [1.165, 1.54) is 45.2 Å². The number of rotatable bonds is 3. The molecule has 0 aromatic carbocycles. The minimum atomic E-state index is 0.377. The van der Waals surface area contributed by atoms with Crippen molar-refractivity contribution in [3.05, 3.63) is 0 Å². The second-order valence-electron chi connectivity index (χ2n) is 6.70. The number of thioether (sulfide) groups is 1. The van der Waals surface area contributed by atoms with Crippen LogP contribution in [0, 0.1) is 11.8 Å². The summed E-state index contributed by atoms with van der Waals surface area (Å²) in [7, 11) is 0. The quantitative estimate of drug-likeness (QED) is 0.855. The highest BCUT2D eigenvalue weighted by Crippen LogP contribution is 2.37. The third kappa shape index (κ3) is 3.23. The Balaban J connectivity index is 1.89. The largest absolute Gasteiger partial charge is 0.329 e. The lowest BCUT2D eigenvalue weighted by Crippen LogP contribution is -2.51. The highest BCUT2D eigenvalue weighted by atomic mass is 32.2. The number of piperidine rings is 1. The normalized spacial score (nSPS) is 37.7. The monoisotopic (exact) mass is 270 g/mol. The molecule has 18 heavy (non-hydrogen) atoms. The Labute approximate surface area is 117 Å². The highest BCUT2D eigenvalue weighted by molar-refractivity contribution is 8.00. The number of hydrogen-bond donors (Lipinski definition) is 1. The molecule has 2 atom stereocenters. The summed E-state index contributed by atoms with van der Waals surface area (Å²) in [5.74, 6) is 1.83. The summed E-state index contributed by atoms with van der Waals surface area (Å²) in [6, 6.07) is 0.849. The highest BCUT2D eigenvalue weighted by Gasteiger charge is 2.36. The molecule has 1 aliphatic heterocycles. The zero-order chi connectivity index (χ0) is 13.2. The van der Waals surface area contributed by atoms with E-state index in [9.17, 15) is 0 Å². The number of nitrogens with two attached hydrogens (primary N) is 1. The van der Waals surface area contributed by atoms with Gasteiger partial charge in [-0.1, -0.05) is 13.8 Å². The van der Waals surface area contributed by atoms with Gasteiger partial charge in [-0.3, -0.25) is 0 Å². The van der Waals surface area contributed by atoms with E-state index in [-0.39, 0.29) is 0 Å². The fourth-order valence-corrected chi connectivity index (χ4v) is 4.75. The maximum atomic E-state index is 5.98. The van der Waals surface area contributed by atoms with Crippen LogP contribution in [-0.4, -0.2) is 41.6 Å². The molecule has 2 aliphatic rings. The molecule has 1 aliphatic carbocycles. The first-order valence-corrected chi connectivity index (χ1v) is 8.80. The Morgan fingerprint density at radius 1 is 1.11 bits per heavy atom. The maximum absolute atomic E-state index is 5.98. The van der Waals surface area contributed by atoms with E-state index in [0.29, 0.717) is 4.75 Å². The van der Waals surface area contributed by atoms with Gasteiger partial charge in [0, 0.05) is 17.3 Å². The van der Waals surface area contributed by atoms with Gasteiger partial charge in [0.25, 0.3) is 0 Å². The number of likely N-dealkylation sites (tertiary alicyclic amines) is 1. The first-order valence-electron chi connectivity index (χ1n) is 7.58. The summed E-state index contributed by atoms with van der Waals surface area (Å²) in [4.78, 5) is 2.76. The Kier molecular flexibility index (Phi) is 5.01. The van der Waals surface area contributed by atoms with Gasteiger partial charge in [-0.2, -0.15) is 11.8 Å². The smallest absolute Gasteiger partial charge is 0.0303 e. The second-order valence-corrected chi connectivity index (χ2v) is 7.97. The second kappa shape index (κ2) is 6.15. The summed E-state index contributed by atoms with van der Waals surface area (Å²) in [5, 5.41) is 0.